The lowest BCUT2D eigenvalue weighted by Gasteiger charge is -2.17. The fraction of sp³-hybridized carbons (Fsp3) is 0.364. The van der Waals surface area contributed by atoms with Gasteiger partial charge in [-0.2, -0.15) is 5.26 Å². The van der Waals surface area contributed by atoms with Crippen molar-refractivity contribution < 1.29 is 0 Å². The van der Waals surface area contributed by atoms with Gasteiger partial charge in [0.25, 0.3) is 0 Å². The summed E-state index contributed by atoms with van der Waals surface area (Å²) >= 11 is 5.79. The number of benzene rings is 1. The molecular weight excluding hydrogens is 196 g/mol. The molecule has 0 saturated carbocycles. The van der Waals surface area contributed by atoms with Crippen LogP contribution in [-0.4, -0.2) is 0 Å². The summed E-state index contributed by atoms with van der Waals surface area (Å²) in [5, 5.41) is 9.48. The van der Waals surface area contributed by atoms with E-state index < -0.39 is 0 Å². The third-order valence-corrected chi connectivity index (χ3v) is 2.45. The zero-order valence-electron chi connectivity index (χ0n) is 8.29. The Morgan fingerprint density at radius 3 is 2.57 bits per heavy atom. The second-order valence-electron chi connectivity index (χ2n) is 3.61. The van der Waals surface area contributed by atoms with Gasteiger partial charge in [0.2, 0.25) is 0 Å². The molecule has 2 nitrogen and oxygen atoms in total. The minimum absolute atomic E-state index is 0.109. The van der Waals surface area contributed by atoms with Gasteiger partial charge in [-0.3, -0.25) is 0 Å². The maximum Gasteiger partial charge on any atom is 0.0995 e. The van der Waals surface area contributed by atoms with E-state index in [-0.39, 0.29) is 6.04 Å². The molecule has 0 aromatic heterocycles. The molecule has 0 heterocycles. The quantitative estimate of drug-likeness (QED) is 0.813. The summed E-state index contributed by atoms with van der Waals surface area (Å²) in [6, 6.07) is 7.24. The van der Waals surface area contributed by atoms with Crippen molar-refractivity contribution in [2.24, 2.45) is 11.7 Å². The van der Waals surface area contributed by atoms with E-state index >= 15 is 0 Å². The van der Waals surface area contributed by atoms with Crippen LogP contribution in [0.3, 0.4) is 0 Å². The third-order valence-electron chi connectivity index (χ3n) is 2.21. The van der Waals surface area contributed by atoms with Gasteiger partial charge in [0, 0.05) is 11.1 Å². The van der Waals surface area contributed by atoms with Gasteiger partial charge in [-0.1, -0.05) is 31.5 Å². The molecule has 0 aliphatic heterocycles. The fourth-order valence-electron chi connectivity index (χ4n) is 1.28. The molecule has 0 radical (unpaired) electrons. The van der Waals surface area contributed by atoms with E-state index in [4.69, 9.17) is 22.6 Å². The predicted molar refractivity (Wildman–Crippen MR) is 57.9 cm³/mol. The van der Waals surface area contributed by atoms with Crippen molar-refractivity contribution in [2.45, 2.75) is 19.9 Å². The summed E-state index contributed by atoms with van der Waals surface area (Å²) in [7, 11) is 0. The van der Waals surface area contributed by atoms with E-state index in [0.29, 0.717) is 16.5 Å². The highest BCUT2D eigenvalue weighted by atomic mass is 35.5. The lowest BCUT2D eigenvalue weighted by molar-refractivity contribution is 0.513. The average molecular weight is 209 g/mol. The Labute approximate surface area is 89.3 Å². The maximum atomic E-state index is 8.91. The summed E-state index contributed by atoms with van der Waals surface area (Å²) in [6.07, 6.45) is 0. The molecule has 1 aromatic carbocycles. The second kappa shape index (κ2) is 4.45. The summed E-state index contributed by atoms with van der Waals surface area (Å²) in [6.45, 7) is 4.06. The van der Waals surface area contributed by atoms with E-state index in [1.807, 2.05) is 19.9 Å². The molecule has 0 amide bonds. The number of rotatable bonds is 2. The molecule has 0 aliphatic rings. The van der Waals surface area contributed by atoms with Crippen molar-refractivity contribution in [3.63, 3.8) is 0 Å². The lowest BCUT2D eigenvalue weighted by Crippen LogP contribution is -2.17. The highest BCUT2D eigenvalue weighted by Gasteiger charge is 2.14. The molecule has 0 saturated heterocycles. The molecule has 2 N–H and O–H groups in total. The van der Waals surface area contributed by atoms with E-state index in [0.717, 1.165) is 5.56 Å². The smallest absolute Gasteiger partial charge is 0.0995 e. The number of hydrogen-bond donors (Lipinski definition) is 1. The molecule has 74 valence electrons. The zero-order chi connectivity index (χ0) is 10.7. The van der Waals surface area contributed by atoms with Gasteiger partial charge in [0.1, 0.15) is 0 Å². The van der Waals surface area contributed by atoms with Gasteiger partial charge in [-0.25, -0.2) is 0 Å². The first kappa shape index (κ1) is 11.0. The zero-order valence-corrected chi connectivity index (χ0v) is 9.05. The molecule has 14 heavy (non-hydrogen) atoms. The van der Waals surface area contributed by atoms with Gasteiger partial charge in [0.15, 0.2) is 0 Å². The van der Waals surface area contributed by atoms with E-state index in [9.17, 15) is 0 Å². The van der Waals surface area contributed by atoms with Crippen molar-refractivity contribution >= 4 is 11.6 Å². The van der Waals surface area contributed by atoms with Crippen molar-refractivity contribution in [2.75, 3.05) is 0 Å². The Morgan fingerprint density at radius 2 is 2.07 bits per heavy atom. The van der Waals surface area contributed by atoms with Crippen LogP contribution in [0.4, 0.5) is 0 Å². The topological polar surface area (TPSA) is 49.8 Å². The summed E-state index contributed by atoms with van der Waals surface area (Å²) in [5.41, 5.74) is 7.41. The van der Waals surface area contributed by atoms with Gasteiger partial charge < -0.3 is 5.73 Å². The highest BCUT2D eigenvalue weighted by molar-refractivity contribution is 6.30. The van der Waals surface area contributed by atoms with Crippen LogP contribution < -0.4 is 5.73 Å². The summed E-state index contributed by atoms with van der Waals surface area (Å²) in [5.74, 6) is 0.309. The first-order valence-corrected chi connectivity index (χ1v) is 4.89. The van der Waals surface area contributed by atoms with E-state index in [1.54, 1.807) is 12.1 Å². The third kappa shape index (κ3) is 2.25. The molecule has 0 bridgehead atoms. The number of hydrogen-bond acceptors (Lipinski definition) is 2. The minimum atomic E-state index is -0.109. The first-order valence-electron chi connectivity index (χ1n) is 4.51. The standard InChI is InChI=1S/C11H13ClN2/c1-7(2)11(14)10-4-3-9(12)5-8(10)6-13/h3-5,7,11H,14H2,1-2H3/t11-/m1/s1. The number of halogens is 1. The van der Waals surface area contributed by atoms with Crippen LogP contribution >= 0.6 is 11.6 Å². The summed E-state index contributed by atoms with van der Waals surface area (Å²) < 4.78 is 0. The monoisotopic (exact) mass is 208 g/mol. The molecule has 1 aromatic rings. The largest absolute Gasteiger partial charge is 0.324 e. The normalized spacial score (nSPS) is 12.6. The minimum Gasteiger partial charge on any atom is -0.324 e. The molecule has 1 rings (SSSR count). The predicted octanol–water partition coefficient (Wildman–Crippen LogP) is 2.87. The average Bonchev–Trinajstić information content (AvgIpc) is 2.16. The van der Waals surface area contributed by atoms with Crippen LogP contribution in [0.1, 0.15) is 31.0 Å². The molecule has 0 fully saturated rings. The Balaban J connectivity index is 3.16. The number of nitriles is 1. The Hall–Kier alpha value is -1.04. The van der Waals surface area contributed by atoms with Crippen LogP contribution in [0.5, 0.6) is 0 Å². The Bertz CT molecular complexity index is 366. The Morgan fingerprint density at radius 1 is 1.43 bits per heavy atom. The van der Waals surface area contributed by atoms with Gasteiger partial charge >= 0.3 is 0 Å². The number of nitrogens with zero attached hydrogens (tertiary/aromatic N) is 1. The van der Waals surface area contributed by atoms with Crippen molar-refractivity contribution in [3.8, 4) is 6.07 Å². The lowest BCUT2D eigenvalue weighted by atomic mass is 9.93. The second-order valence-corrected chi connectivity index (χ2v) is 4.05. The van der Waals surface area contributed by atoms with Crippen molar-refractivity contribution in [1.29, 1.82) is 5.26 Å². The van der Waals surface area contributed by atoms with Gasteiger partial charge in [-0.15, -0.1) is 0 Å². The fourth-order valence-corrected chi connectivity index (χ4v) is 1.45. The van der Waals surface area contributed by atoms with Crippen molar-refractivity contribution in [1.82, 2.24) is 0 Å². The van der Waals surface area contributed by atoms with Gasteiger partial charge in [-0.05, 0) is 23.6 Å². The molecule has 0 spiro atoms. The number of nitrogens with two attached hydrogens (primary N) is 1. The molecule has 0 aliphatic carbocycles. The molecule has 1 atom stereocenters. The van der Waals surface area contributed by atoms with E-state index in [2.05, 4.69) is 6.07 Å². The van der Waals surface area contributed by atoms with Crippen LogP contribution in [0, 0.1) is 17.2 Å². The molecule has 0 unspecified atom stereocenters. The van der Waals surface area contributed by atoms with Gasteiger partial charge in [0.05, 0.1) is 11.6 Å². The molecule has 3 heteroatoms. The molecular formula is C11H13ClN2. The van der Waals surface area contributed by atoms with Crippen molar-refractivity contribution in [3.05, 3.63) is 34.3 Å². The Kier molecular flexibility index (Phi) is 3.51. The highest BCUT2D eigenvalue weighted by Crippen LogP contribution is 2.24. The van der Waals surface area contributed by atoms with Crippen LogP contribution in [0.2, 0.25) is 5.02 Å². The SMILES string of the molecule is CC(C)[C@@H](N)c1ccc(Cl)cc1C#N. The maximum absolute atomic E-state index is 8.91. The first-order chi connectivity index (χ1) is 6.56. The summed E-state index contributed by atoms with van der Waals surface area (Å²) in [4.78, 5) is 0. The van der Waals surface area contributed by atoms with E-state index in [1.165, 1.54) is 0 Å². The van der Waals surface area contributed by atoms with Crippen LogP contribution in [-0.2, 0) is 0 Å². The van der Waals surface area contributed by atoms with Crippen LogP contribution in [0.25, 0.3) is 0 Å². The van der Waals surface area contributed by atoms with Crippen LogP contribution in [0.15, 0.2) is 18.2 Å².